The predicted molar refractivity (Wildman–Crippen MR) is 58.2 cm³/mol. The van der Waals surface area contributed by atoms with Crippen LogP contribution in [0.1, 0.15) is 17.2 Å². The minimum absolute atomic E-state index is 0.146. The van der Waals surface area contributed by atoms with Gasteiger partial charge in [0.25, 0.3) is 0 Å². The standard InChI is InChI=1S/C10H15ClN2O/c1-6-7(3-2-4-8(6)11)10(13)9(14)5-12/h2-4,9-10,14H,5,12-13H2,1H3. The lowest BCUT2D eigenvalue weighted by Crippen LogP contribution is -2.33. The van der Waals surface area contributed by atoms with Gasteiger partial charge in [-0.25, -0.2) is 0 Å². The van der Waals surface area contributed by atoms with Crippen molar-refractivity contribution in [3.63, 3.8) is 0 Å². The number of hydrogen-bond acceptors (Lipinski definition) is 3. The maximum atomic E-state index is 9.50. The van der Waals surface area contributed by atoms with E-state index in [1.54, 1.807) is 6.07 Å². The van der Waals surface area contributed by atoms with Gasteiger partial charge in [-0.1, -0.05) is 23.7 Å². The van der Waals surface area contributed by atoms with Gasteiger partial charge in [-0.3, -0.25) is 0 Å². The number of aliphatic hydroxyl groups excluding tert-OH is 1. The van der Waals surface area contributed by atoms with Gasteiger partial charge in [-0.2, -0.15) is 0 Å². The fourth-order valence-corrected chi connectivity index (χ4v) is 1.52. The van der Waals surface area contributed by atoms with Crippen molar-refractivity contribution in [3.05, 3.63) is 34.3 Å². The van der Waals surface area contributed by atoms with E-state index in [4.69, 9.17) is 23.1 Å². The van der Waals surface area contributed by atoms with E-state index in [1.165, 1.54) is 0 Å². The minimum atomic E-state index is -0.729. The minimum Gasteiger partial charge on any atom is -0.390 e. The van der Waals surface area contributed by atoms with Crippen LogP contribution in [0, 0.1) is 6.92 Å². The number of halogens is 1. The van der Waals surface area contributed by atoms with Crippen molar-refractivity contribution in [3.8, 4) is 0 Å². The van der Waals surface area contributed by atoms with E-state index in [2.05, 4.69) is 0 Å². The molecule has 78 valence electrons. The molecule has 0 aromatic heterocycles. The Hall–Kier alpha value is -0.610. The third-order valence-corrected chi connectivity index (χ3v) is 2.73. The largest absolute Gasteiger partial charge is 0.390 e. The molecule has 0 fully saturated rings. The summed E-state index contributed by atoms with van der Waals surface area (Å²) in [5.74, 6) is 0. The van der Waals surface area contributed by atoms with Crippen LogP contribution < -0.4 is 11.5 Å². The Bertz CT molecular complexity index is 317. The first-order valence-electron chi connectivity index (χ1n) is 4.46. The monoisotopic (exact) mass is 214 g/mol. The van der Waals surface area contributed by atoms with Gasteiger partial charge in [-0.15, -0.1) is 0 Å². The van der Waals surface area contributed by atoms with E-state index in [9.17, 15) is 5.11 Å². The van der Waals surface area contributed by atoms with Crippen LogP contribution in [0.2, 0.25) is 5.02 Å². The molecule has 0 heterocycles. The zero-order valence-corrected chi connectivity index (χ0v) is 8.83. The molecule has 1 aromatic rings. The lowest BCUT2D eigenvalue weighted by atomic mass is 9.98. The van der Waals surface area contributed by atoms with Crippen molar-refractivity contribution in [2.45, 2.75) is 19.1 Å². The van der Waals surface area contributed by atoms with E-state index < -0.39 is 12.1 Å². The van der Waals surface area contributed by atoms with Crippen molar-refractivity contribution >= 4 is 11.6 Å². The zero-order chi connectivity index (χ0) is 10.7. The van der Waals surface area contributed by atoms with Gasteiger partial charge < -0.3 is 16.6 Å². The molecule has 14 heavy (non-hydrogen) atoms. The van der Waals surface area contributed by atoms with Gasteiger partial charge in [0.05, 0.1) is 12.1 Å². The third kappa shape index (κ3) is 2.25. The normalized spacial score (nSPS) is 15.2. The lowest BCUT2D eigenvalue weighted by molar-refractivity contribution is 0.152. The van der Waals surface area contributed by atoms with Crippen molar-refractivity contribution in [2.75, 3.05) is 6.54 Å². The van der Waals surface area contributed by atoms with E-state index in [0.29, 0.717) is 5.02 Å². The van der Waals surface area contributed by atoms with Crippen molar-refractivity contribution in [1.82, 2.24) is 0 Å². The Labute approximate surface area is 88.7 Å². The summed E-state index contributed by atoms with van der Waals surface area (Å²) in [5.41, 5.74) is 12.9. The van der Waals surface area contributed by atoms with Gasteiger partial charge in [0, 0.05) is 11.6 Å². The Morgan fingerprint density at radius 1 is 1.50 bits per heavy atom. The first kappa shape index (κ1) is 11.5. The molecule has 0 saturated carbocycles. The van der Waals surface area contributed by atoms with E-state index in [1.807, 2.05) is 19.1 Å². The molecule has 4 heteroatoms. The molecule has 1 rings (SSSR count). The summed E-state index contributed by atoms with van der Waals surface area (Å²) < 4.78 is 0. The molecule has 0 aliphatic heterocycles. The van der Waals surface area contributed by atoms with Crippen LogP contribution in [0.4, 0.5) is 0 Å². The number of nitrogens with two attached hydrogens (primary N) is 2. The Kier molecular flexibility index (Phi) is 3.89. The first-order valence-corrected chi connectivity index (χ1v) is 4.84. The summed E-state index contributed by atoms with van der Waals surface area (Å²) in [6, 6.07) is 4.99. The van der Waals surface area contributed by atoms with Crippen LogP contribution in [0.25, 0.3) is 0 Å². The van der Waals surface area contributed by atoms with Crippen LogP contribution >= 0.6 is 11.6 Å². The quantitative estimate of drug-likeness (QED) is 0.702. The van der Waals surface area contributed by atoms with Crippen molar-refractivity contribution in [1.29, 1.82) is 0 Å². The van der Waals surface area contributed by atoms with Gasteiger partial charge >= 0.3 is 0 Å². The van der Waals surface area contributed by atoms with E-state index in [0.717, 1.165) is 11.1 Å². The van der Waals surface area contributed by atoms with Crippen molar-refractivity contribution in [2.24, 2.45) is 11.5 Å². The number of aliphatic hydroxyl groups is 1. The molecule has 0 saturated heterocycles. The number of hydrogen-bond donors (Lipinski definition) is 3. The Balaban J connectivity index is 3.01. The van der Waals surface area contributed by atoms with Crippen LogP contribution in [0.5, 0.6) is 0 Å². The highest BCUT2D eigenvalue weighted by molar-refractivity contribution is 6.31. The summed E-state index contributed by atoms with van der Waals surface area (Å²) in [6.45, 7) is 2.02. The predicted octanol–water partition coefficient (Wildman–Crippen LogP) is 0.968. The molecule has 0 spiro atoms. The van der Waals surface area contributed by atoms with E-state index >= 15 is 0 Å². The second kappa shape index (κ2) is 4.75. The second-order valence-corrected chi connectivity index (χ2v) is 3.69. The third-order valence-electron chi connectivity index (χ3n) is 2.32. The highest BCUT2D eigenvalue weighted by Gasteiger charge is 2.17. The lowest BCUT2D eigenvalue weighted by Gasteiger charge is -2.19. The summed E-state index contributed by atoms with van der Waals surface area (Å²) in [6.07, 6.45) is -0.729. The SMILES string of the molecule is Cc1c(Cl)cccc1C(N)C(O)CN. The number of rotatable bonds is 3. The topological polar surface area (TPSA) is 72.3 Å². The first-order chi connectivity index (χ1) is 6.57. The molecule has 5 N–H and O–H groups in total. The smallest absolute Gasteiger partial charge is 0.0854 e. The maximum Gasteiger partial charge on any atom is 0.0854 e. The molecule has 0 bridgehead atoms. The summed E-state index contributed by atoms with van der Waals surface area (Å²) in [5, 5.41) is 10.2. The maximum absolute atomic E-state index is 9.50. The highest BCUT2D eigenvalue weighted by atomic mass is 35.5. The van der Waals surface area contributed by atoms with Crippen LogP contribution in [-0.4, -0.2) is 17.8 Å². The van der Waals surface area contributed by atoms with Crippen LogP contribution in [-0.2, 0) is 0 Å². The summed E-state index contributed by atoms with van der Waals surface area (Å²) >= 11 is 5.94. The number of benzene rings is 1. The van der Waals surface area contributed by atoms with Gasteiger partial charge in [0.2, 0.25) is 0 Å². The van der Waals surface area contributed by atoms with Crippen LogP contribution in [0.3, 0.4) is 0 Å². The highest BCUT2D eigenvalue weighted by Crippen LogP contribution is 2.24. The average Bonchev–Trinajstić information content (AvgIpc) is 2.20. The second-order valence-electron chi connectivity index (χ2n) is 3.28. The molecule has 0 aliphatic rings. The molecule has 2 unspecified atom stereocenters. The Morgan fingerprint density at radius 3 is 2.71 bits per heavy atom. The van der Waals surface area contributed by atoms with Crippen LogP contribution in [0.15, 0.2) is 18.2 Å². The zero-order valence-electron chi connectivity index (χ0n) is 8.07. The molecule has 3 nitrogen and oxygen atoms in total. The molecule has 0 aliphatic carbocycles. The molecular formula is C10H15ClN2O. The van der Waals surface area contributed by atoms with Gasteiger partial charge in [0.15, 0.2) is 0 Å². The van der Waals surface area contributed by atoms with Gasteiger partial charge in [-0.05, 0) is 24.1 Å². The van der Waals surface area contributed by atoms with Crippen molar-refractivity contribution < 1.29 is 5.11 Å². The molecule has 0 amide bonds. The molecule has 2 atom stereocenters. The summed E-state index contributed by atoms with van der Waals surface area (Å²) in [7, 11) is 0. The fraction of sp³-hybridized carbons (Fsp3) is 0.400. The average molecular weight is 215 g/mol. The van der Waals surface area contributed by atoms with Gasteiger partial charge in [0.1, 0.15) is 0 Å². The fourth-order valence-electron chi connectivity index (χ4n) is 1.34. The molecular weight excluding hydrogens is 200 g/mol. The molecule has 1 aromatic carbocycles. The Morgan fingerprint density at radius 2 is 2.14 bits per heavy atom. The van der Waals surface area contributed by atoms with E-state index in [-0.39, 0.29) is 6.54 Å². The summed E-state index contributed by atoms with van der Waals surface area (Å²) in [4.78, 5) is 0. The molecule has 0 radical (unpaired) electrons.